The van der Waals surface area contributed by atoms with Gasteiger partial charge in [-0.25, -0.2) is 4.79 Å². The lowest BCUT2D eigenvalue weighted by molar-refractivity contribution is -0.115. The van der Waals surface area contributed by atoms with E-state index in [4.69, 9.17) is 18.9 Å². The number of carbonyl (C=O) groups excluding carboxylic acids is 2. The molecule has 0 aromatic heterocycles. The van der Waals surface area contributed by atoms with Crippen LogP contribution in [0.4, 0.5) is 5.69 Å². The molecule has 8 heteroatoms. The number of hydrogen-bond acceptors (Lipinski definition) is 7. The summed E-state index contributed by atoms with van der Waals surface area (Å²) in [4.78, 5) is 25.7. The van der Waals surface area contributed by atoms with Crippen molar-refractivity contribution in [1.82, 2.24) is 0 Å². The fourth-order valence-electron chi connectivity index (χ4n) is 2.41. The monoisotopic (exact) mass is 405 g/mol. The molecule has 0 saturated heterocycles. The van der Waals surface area contributed by atoms with Crippen molar-refractivity contribution in [2.75, 3.05) is 33.8 Å². The van der Waals surface area contributed by atoms with Crippen molar-refractivity contribution in [2.24, 2.45) is 0 Å². The van der Waals surface area contributed by atoms with E-state index in [-0.39, 0.29) is 17.2 Å². The second-order valence-corrected chi connectivity index (χ2v) is 7.08. The average Bonchev–Trinajstić information content (AvgIpc) is 2.73. The number of esters is 1. The van der Waals surface area contributed by atoms with Gasteiger partial charge in [0, 0.05) is 17.0 Å². The Labute approximate surface area is 168 Å². The van der Waals surface area contributed by atoms with Crippen LogP contribution in [0.1, 0.15) is 17.3 Å². The van der Waals surface area contributed by atoms with Crippen LogP contribution < -0.4 is 19.5 Å². The third kappa shape index (κ3) is 5.10. The summed E-state index contributed by atoms with van der Waals surface area (Å²) < 4.78 is 20.4. The van der Waals surface area contributed by atoms with Crippen LogP contribution >= 0.6 is 11.8 Å². The quantitative estimate of drug-likeness (QED) is 0.530. The molecular formula is C20H23NO6S. The molecule has 2 aromatic carbocycles. The van der Waals surface area contributed by atoms with Gasteiger partial charge in [0.2, 0.25) is 5.91 Å². The van der Waals surface area contributed by atoms with Crippen molar-refractivity contribution in [2.45, 2.75) is 17.1 Å². The molecule has 0 radical (unpaired) electrons. The molecule has 150 valence electrons. The molecule has 0 aliphatic carbocycles. The van der Waals surface area contributed by atoms with E-state index in [1.54, 1.807) is 14.0 Å². The molecule has 0 fully saturated rings. The summed E-state index contributed by atoms with van der Waals surface area (Å²) in [5, 5.41) is 2.36. The Kier molecular flexibility index (Phi) is 7.57. The average molecular weight is 405 g/mol. The molecule has 0 spiro atoms. The first-order valence-electron chi connectivity index (χ1n) is 8.39. The SMILES string of the molecule is COC(=O)c1cc(OC)c(OC)cc1NC(=O)[C@H](C)Sc1ccc(OC)cc1. The maximum atomic E-state index is 12.7. The van der Waals surface area contributed by atoms with Crippen LogP contribution in [0.3, 0.4) is 0 Å². The Morgan fingerprint density at radius 3 is 2.07 bits per heavy atom. The highest BCUT2D eigenvalue weighted by atomic mass is 32.2. The number of carbonyl (C=O) groups is 2. The van der Waals surface area contributed by atoms with E-state index < -0.39 is 11.2 Å². The molecule has 0 aliphatic rings. The predicted molar refractivity (Wildman–Crippen MR) is 108 cm³/mol. The molecule has 2 aromatic rings. The van der Waals surface area contributed by atoms with E-state index >= 15 is 0 Å². The van der Waals surface area contributed by atoms with E-state index in [0.717, 1.165) is 10.6 Å². The van der Waals surface area contributed by atoms with E-state index in [1.165, 1.54) is 45.2 Å². The summed E-state index contributed by atoms with van der Waals surface area (Å²) in [7, 11) is 5.81. The minimum atomic E-state index is -0.591. The topological polar surface area (TPSA) is 83.1 Å². The molecule has 1 N–H and O–H groups in total. The fraction of sp³-hybridized carbons (Fsp3) is 0.300. The maximum absolute atomic E-state index is 12.7. The molecule has 0 bridgehead atoms. The standard InChI is InChI=1S/C20H23NO6S/c1-12(28-14-8-6-13(24-2)7-9-14)19(22)21-16-11-18(26-4)17(25-3)10-15(16)20(23)27-5/h6-12H,1-5H3,(H,21,22)/t12-/m0/s1. The summed E-state index contributed by atoms with van der Waals surface area (Å²) in [6, 6.07) is 10.4. The maximum Gasteiger partial charge on any atom is 0.340 e. The van der Waals surface area contributed by atoms with E-state index in [2.05, 4.69) is 5.32 Å². The molecule has 7 nitrogen and oxygen atoms in total. The van der Waals surface area contributed by atoms with Crippen molar-refractivity contribution in [3.05, 3.63) is 42.0 Å². The van der Waals surface area contributed by atoms with Crippen LogP contribution in [0.25, 0.3) is 0 Å². The van der Waals surface area contributed by atoms with Gasteiger partial charge in [0.15, 0.2) is 11.5 Å². The number of methoxy groups -OCH3 is 4. The lowest BCUT2D eigenvalue weighted by Crippen LogP contribution is -2.24. The van der Waals surface area contributed by atoms with Crippen molar-refractivity contribution in [1.29, 1.82) is 0 Å². The van der Waals surface area contributed by atoms with Gasteiger partial charge in [-0.3, -0.25) is 4.79 Å². The Hall–Kier alpha value is -2.87. The zero-order valence-electron chi connectivity index (χ0n) is 16.4. The number of amides is 1. The van der Waals surface area contributed by atoms with Crippen LogP contribution in [0.2, 0.25) is 0 Å². The van der Waals surface area contributed by atoms with Crippen LogP contribution in [0.5, 0.6) is 17.2 Å². The van der Waals surface area contributed by atoms with Gasteiger partial charge in [-0.15, -0.1) is 11.8 Å². The van der Waals surface area contributed by atoms with E-state index in [0.29, 0.717) is 11.5 Å². The minimum Gasteiger partial charge on any atom is -0.497 e. The van der Waals surface area contributed by atoms with Crippen LogP contribution in [0, 0.1) is 0 Å². The highest BCUT2D eigenvalue weighted by Crippen LogP contribution is 2.34. The van der Waals surface area contributed by atoms with E-state index in [1.807, 2.05) is 24.3 Å². The van der Waals surface area contributed by atoms with Gasteiger partial charge >= 0.3 is 5.97 Å². The molecule has 0 unspecified atom stereocenters. The molecule has 0 aliphatic heterocycles. The van der Waals surface area contributed by atoms with Crippen LogP contribution in [-0.2, 0) is 9.53 Å². The molecule has 0 saturated carbocycles. The second kappa shape index (κ2) is 9.89. The van der Waals surface area contributed by atoms with Gasteiger partial charge in [0.1, 0.15) is 5.75 Å². The molecule has 1 amide bonds. The molecule has 1 atom stereocenters. The Morgan fingerprint density at radius 2 is 1.54 bits per heavy atom. The fourth-order valence-corrected chi connectivity index (χ4v) is 3.27. The normalized spacial score (nSPS) is 11.3. The first kappa shape index (κ1) is 21.4. The van der Waals surface area contributed by atoms with Crippen molar-refractivity contribution >= 4 is 29.3 Å². The smallest absolute Gasteiger partial charge is 0.340 e. The Morgan fingerprint density at radius 1 is 0.929 bits per heavy atom. The van der Waals surface area contributed by atoms with Gasteiger partial charge < -0.3 is 24.3 Å². The number of anilines is 1. The summed E-state index contributed by atoms with van der Waals surface area (Å²) in [5.74, 6) is 0.641. The number of rotatable bonds is 8. The van der Waals surface area contributed by atoms with Crippen molar-refractivity contribution in [3.63, 3.8) is 0 Å². The van der Waals surface area contributed by atoms with Gasteiger partial charge in [0.05, 0.1) is 44.9 Å². The van der Waals surface area contributed by atoms with Crippen molar-refractivity contribution < 1.29 is 28.5 Å². The Bertz CT molecular complexity index is 837. The van der Waals surface area contributed by atoms with Gasteiger partial charge in [-0.2, -0.15) is 0 Å². The summed E-state index contributed by atoms with van der Waals surface area (Å²) in [6.45, 7) is 1.78. The number of benzene rings is 2. The summed E-state index contributed by atoms with van der Waals surface area (Å²) >= 11 is 1.39. The highest BCUT2D eigenvalue weighted by Gasteiger charge is 2.21. The summed E-state index contributed by atoms with van der Waals surface area (Å²) in [6.07, 6.45) is 0. The van der Waals surface area contributed by atoms with E-state index in [9.17, 15) is 9.59 Å². The minimum absolute atomic E-state index is 0.176. The van der Waals surface area contributed by atoms with Crippen molar-refractivity contribution in [3.8, 4) is 17.2 Å². The number of nitrogens with one attached hydrogen (secondary N) is 1. The molecular weight excluding hydrogens is 382 g/mol. The highest BCUT2D eigenvalue weighted by molar-refractivity contribution is 8.00. The molecule has 0 heterocycles. The zero-order valence-corrected chi connectivity index (χ0v) is 17.2. The van der Waals surface area contributed by atoms with Gasteiger partial charge in [0.25, 0.3) is 0 Å². The largest absolute Gasteiger partial charge is 0.497 e. The van der Waals surface area contributed by atoms with Crippen LogP contribution in [0.15, 0.2) is 41.3 Å². The molecule has 2 rings (SSSR count). The number of thioether (sulfide) groups is 1. The second-order valence-electron chi connectivity index (χ2n) is 5.67. The Balaban J connectivity index is 2.21. The summed E-state index contributed by atoms with van der Waals surface area (Å²) in [5.41, 5.74) is 0.465. The third-order valence-electron chi connectivity index (χ3n) is 3.93. The zero-order chi connectivity index (χ0) is 20.7. The first-order chi connectivity index (χ1) is 13.4. The number of ether oxygens (including phenoxy) is 4. The van der Waals surface area contributed by atoms with Crippen LogP contribution in [-0.4, -0.2) is 45.6 Å². The first-order valence-corrected chi connectivity index (χ1v) is 9.27. The third-order valence-corrected chi connectivity index (χ3v) is 5.04. The number of hydrogen-bond donors (Lipinski definition) is 1. The lowest BCUT2D eigenvalue weighted by atomic mass is 10.1. The molecule has 28 heavy (non-hydrogen) atoms. The lowest BCUT2D eigenvalue weighted by Gasteiger charge is -2.17. The van der Waals surface area contributed by atoms with Gasteiger partial charge in [-0.1, -0.05) is 0 Å². The predicted octanol–water partition coefficient (Wildman–Crippen LogP) is 3.62. The van der Waals surface area contributed by atoms with Gasteiger partial charge in [-0.05, 0) is 31.2 Å².